The van der Waals surface area contributed by atoms with E-state index in [1.807, 2.05) is 24.0 Å². The lowest BCUT2D eigenvalue weighted by molar-refractivity contribution is 0.0686. The molecule has 1 aromatic carbocycles. The minimum absolute atomic E-state index is 0.0299. The van der Waals surface area contributed by atoms with Crippen molar-refractivity contribution in [3.05, 3.63) is 64.1 Å². The van der Waals surface area contributed by atoms with Crippen molar-refractivity contribution in [2.75, 3.05) is 19.7 Å². The first-order valence-electron chi connectivity index (χ1n) is 9.74. The molecule has 0 saturated carbocycles. The number of amides is 1. The molecule has 144 valence electrons. The van der Waals surface area contributed by atoms with Crippen LogP contribution in [-0.2, 0) is 13.5 Å². The fraction of sp³-hybridized carbons (Fsp3) is 0.455. The van der Waals surface area contributed by atoms with Crippen LogP contribution in [-0.4, -0.2) is 35.1 Å². The lowest BCUT2D eigenvalue weighted by atomic mass is 9.90. The van der Waals surface area contributed by atoms with Gasteiger partial charge in [-0.05, 0) is 62.3 Å². The van der Waals surface area contributed by atoms with E-state index in [9.17, 15) is 9.59 Å². The normalized spacial score (nSPS) is 15.0. The maximum atomic E-state index is 12.6. The van der Waals surface area contributed by atoms with Gasteiger partial charge < -0.3 is 14.2 Å². The molecule has 0 spiro atoms. The van der Waals surface area contributed by atoms with Crippen LogP contribution in [0.2, 0.25) is 0 Å². The highest BCUT2D eigenvalue weighted by Crippen LogP contribution is 2.24. The van der Waals surface area contributed by atoms with Gasteiger partial charge in [0.25, 0.3) is 11.5 Å². The van der Waals surface area contributed by atoms with E-state index in [-0.39, 0.29) is 11.5 Å². The summed E-state index contributed by atoms with van der Waals surface area (Å²) in [6, 6.07) is 11.5. The Morgan fingerprint density at radius 1 is 1.15 bits per heavy atom. The monoisotopic (exact) mass is 368 g/mol. The first kappa shape index (κ1) is 19.2. The fourth-order valence-corrected chi connectivity index (χ4v) is 3.58. The third-order valence-electron chi connectivity index (χ3n) is 5.33. The second-order valence-electron chi connectivity index (χ2n) is 7.22. The molecule has 2 aromatic rings. The molecule has 0 aliphatic carbocycles. The molecule has 0 radical (unpaired) electrons. The number of aromatic nitrogens is 1. The summed E-state index contributed by atoms with van der Waals surface area (Å²) in [7, 11) is 1.69. The molecule has 1 amide bonds. The zero-order chi connectivity index (χ0) is 19.2. The van der Waals surface area contributed by atoms with Gasteiger partial charge in [-0.1, -0.05) is 12.1 Å². The number of benzene rings is 1. The number of carbonyl (C=O) groups excluding carboxylic acids is 1. The highest BCUT2D eigenvalue weighted by Gasteiger charge is 2.23. The van der Waals surface area contributed by atoms with Gasteiger partial charge >= 0.3 is 0 Å². The molecule has 1 aromatic heterocycles. The van der Waals surface area contributed by atoms with E-state index in [1.54, 1.807) is 19.3 Å². The van der Waals surface area contributed by atoms with E-state index in [0.717, 1.165) is 44.5 Å². The van der Waals surface area contributed by atoms with Crippen LogP contribution >= 0.6 is 0 Å². The summed E-state index contributed by atoms with van der Waals surface area (Å²) in [4.78, 5) is 26.2. The molecule has 0 bridgehead atoms. The maximum Gasteiger partial charge on any atom is 0.254 e. The number of piperidine rings is 1. The summed E-state index contributed by atoms with van der Waals surface area (Å²) in [5.74, 6) is 1.53. The van der Waals surface area contributed by atoms with Gasteiger partial charge in [-0.2, -0.15) is 0 Å². The largest absolute Gasteiger partial charge is 0.494 e. The second-order valence-corrected chi connectivity index (χ2v) is 7.22. The van der Waals surface area contributed by atoms with Gasteiger partial charge in [0, 0.05) is 38.0 Å². The van der Waals surface area contributed by atoms with Crippen molar-refractivity contribution in [2.45, 2.75) is 32.6 Å². The molecule has 5 nitrogen and oxygen atoms in total. The Morgan fingerprint density at radius 3 is 2.48 bits per heavy atom. The quantitative estimate of drug-likeness (QED) is 0.786. The van der Waals surface area contributed by atoms with Gasteiger partial charge in [-0.15, -0.1) is 0 Å². The zero-order valence-electron chi connectivity index (χ0n) is 16.2. The van der Waals surface area contributed by atoms with Crippen LogP contribution in [0.25, 0.3) is 0 Å². The Morgan fingerprint density at radius 2 is 1.85 bits per heavy atom. The number of rotatable bonds is 6. The Balaban J connectivity index is 1.47. The number of likely N-dealkylation sites (tertiary alicyclic amines) is 1. The smallest absolute Gasteiger partial charge is 0.254 e. The van der Waals surface area contributed by atoms with Crippen molar-refractivity contribution < 1.29 is 9.53 Å². The van der Waals surface area contributed by atoms with Crippen LogP contribution in [0.1, 0.15) is 42.1 Å². The Bertz CT molecular complexity index is 818. The predicted molar refractivity (Wildman–Crippen MR) is 106 cm³/mol. The fourth-order valence-electron chi connectivity index (χ4n) is 3.58. The molecule has 5 heteroatoms. The molecule has 0 N–H and O–H groups in total. The van der Waals surface area contributed by atoms with E-state index in [4.69, 9.17) is 4.74 Å². The third-order valence-corrected chi connectivity index (χ3v) is 5.33. The number of hydrogen-bond donors (Lipinski definition) is 0. The number of pyridine rings is 1. The number of carbonyl (C=O) groups is 1. The average Bonchev–Trinajstić information content (AvgIpc) is 2.70. The van der Waals surface area contributed by atoms with Crippen LogP contribution < -0.4 is 10.3 Å². The summed E-state index contributed by atoms with van der Waals surface area (Å²) < 4.78 is 6.96. The van der Waals surface area contributed by atoms with E-state index in [0.29, 0.717) is 18.1 Å². The molecule has 27 heavy (non-hydrogen) atoms. The van der Waals surface area contributed by atoms with Crippen molar-refractivity contribution in [3.63, 3.8) is 0 Å². The average molecular weight is 368 g/mol. The molecule has 1 saturated heterocycles. The van der Waals surface area contributed by atoms with E-state index in [2.05, 4.69) is 12.1 Å². The Kier molecular flexibility index (Phi) is 6.32. The van der Waals surface area contributed by atoms with Crippen molar-refractivity contribution in [1.82, 2.24) is 9.47 Å². The number of hydrogen-bond acceptors (Lipinski definition) is 3. The maximum absolute atomic E-state index is 12.6. The van der Waals surface area contributed by atoms with Crippen molar-refractivity contribution in [3.8, 4) is 5.75 Å². The molecule has 3 rings (SSSR count). The topological polar surface area (TPSA) is 51.5 Å². The summed E-state index contributed by atoms with van der Waals surface area (Å²) in [6.07, 6.45) is 5.89. The first-order valence-corrected chi connectivity index (χ1v) is 9.74. The van der Waals surface area contributed by atoms with Crippen molar-refractivity contribution in [1.29, 1.82) is 0 Å². The van der Waals surface area contributed by atoms with Gasteiger partial charge in [0.05, 0.1) is 6.61 Å². The molecule has 0 atom stereocenters. The third kappa shape index (κ3) is 5.00. The standard InChI is InChI=1S/C22H28N2O3/c1-3-27-20-8-6-17(7-9-20)4-5-18-10-14-24(15-11-18)22(26)19-12-13-23(2)21(25)16-19/h6-9,12-13,16,18H,3-5,10-11,14-15H2,1-2H3. The highest BCUT2D eigenvalue weighted by atomic mass is 16.5. The SMILES string of the molecule is CCOc1ccc(CCC2CCN(C(=O)c3ccn(C)c(=O)c3)CC2)cc1. The second kappa shape index (κ2) is 8.89. The highest BCUT2D eigenvalue weighted by molar-refractivity contribution is 5.94. The lowest BCUT2D eigenvalue weighted by Gasteiger charge is -2.32. The minimum atomic E-state index is -0.147. The molecular formula is C22H28N2O3. The van der Waals surface area contributed by atoms with Gasteiger partial charge in [0.15, 0.2) is 0 Å². The molecule has 1 aliphatic rings. The summed E-state index contributed by atoms with van der Waals surface area (Å²) in [5.41, 5.74) is 1.68. The summed E-state index contributed by atoms with van der Waals surface area (Å²) in [5, 5.41) is 0. The van der Waals surface area contributed by atoms with Crippen LogP contribution in [0.3, 0.4) is 0 Å². The van der Waals surface area contributed by atoms with Gasteiger partial charge in [0.1, 0.15) is 5.75 Å². The van der Waals surface area contributed by atoms with Crippen molar-refractivity contribution >= 4 is 5.91 Å². The molecular weight excluding hydrogens is 340 g/mol. The van der Waals surface area contributed by atoms with E-state index < -0.39 is 0 Å². The molecule has 0 unspecified atom stereocenters. The molecule has 1 aliphatic heterocycles. The van der Waals surface area contributed by atoms with Gasteiger partial charge in [-0.25, -0.2) is 0 Å². The number of aryl methyl sites for hydroxylation is 2. The Labute approximate surface area is 160 Å². The van der Waals surface area contributed by atoms with Crippen LogP contribution in [0.4, 0.5) is 0 Å². The van der Waals surface area contributed by atoms with Crippen LogP contribution in [0.5, 0.6) is 5.75 Å². The number of nitrogens with zero attached hydrogens (tertiary/aromatic N) is 2. The van der Waals surface area contributed by atoms with E-state index in [1.165, 1.54) is 16.2 Å². The van der Waals surface area contributed by atoms with Crippen molar-refractivity contribution in [2.24, 2.45) is 13.0 Å². The molecule has 2 heterocycles. The zero-order valence-corrected chi connectivity index (χ0v) is 16.2. The lowest BCUT2D eigenvalue weighted by Crippen LogP contribution is -2.39. The van der Waals surface area contributed by atoms with Gasteiger partial charge in [-0.3, -0.25) is 9.59 Å². The van der Waals surface area contributed by atoms with Gasteiger partial charge in [0.2, 0.25) is 0 Å². The summed E-state index contributed by atoms with van der Waals surface area (Å²) >= 11 is 0. The van der Waals surface area contributed by atoms with Crippen LogP contribution in [0.15, 0.2) is 47.4 Å². The van der Waals surface area contributed by atoms with E-state index >= 15 is 0 Å². The predicted octanol–water partition coefficient (Wildman–Crippen LogP) is 3.27. The van der Waals surface area contributed by atoms with Crippen LogP contribution in [0, 0.1) is 5.92 Å². The summed E-state index contributed by atoms with van der Waals surface area (Å²) in [6.45, 7) is 4.21. The number of ether oxygens (including phenoxy) is 1. The minimum Gasteiger partial charge on any atom is -0.494 e. The first-order chi connectivity index (χ1) is 13.1. The Hall–Kier alpha value is -2.56. The molecule has 1 fully saturated rings.